The predicted molar refractivity (Wildman–Crippen MR) is 77.8 cm³/mol. The number of carboxylic acid groups (broad SMARTS) is 1. The fourth-order valence-electron chi connectivity index (χ4n) is 2.71. The smallest absolute Gasteiger partial charge is 0.336 e. The Morgan fingerprint density at radius 3 is 2.84 bits per heavy atom. The molecule has 2 unspecified atom stereocenters. The van der Waals surface area contributed by atoms with Crippen LogP contribution >= 0.6 is 15.9 Å². The molecular formula is C15H19BrO3. The van der Waals surface area contributed by atoms with Crippen molar-refractivity contribution in [2.75, 3.05) is 0 Å². The van der Waals surface area contributed by atoms with E-state index in [9.17, 15) is 4.79 Å². The van der Waals surface area contributed by atoms with Crippen LogP contribution in [0.15, 0.2) is 22.7 Å². The van der Waals surface area contributed by atoms with Gasteiger partial charge in [0.15, 0.2) is 0 Å². The Hall–Kier alpha value is -1.03. The third-order valence-corrected chi connectivity index (χ3v) is 4.51. The average Bonchev–Trinajstić information content (AvgIpc) is 2.41. The highest BCUT2D eigenvalue weighted by atomic mass is 79.9. The Bertz CT molecular complexity index is 459. The van der Waals surface area contributed by atoms with E-state index >= 15 is 0 Å². The first-order valence-electron chi connectivity index (χ1n) is 6.81. The van der Waals surface area contributed by atoms with Gasteiger partial charge >= 0.3 is 5.97 Å². The lowest BCUT2D eigenvalue weighted by Crippen LogP contribution is -2.29. The molecular weight excluding hydrogens is 308 g/mol. The molecule has 0 radical (unpaired) electrons. The number of hydrogen-bond acceptors (Lipinski definition) is 2. The number of hydrogen-bond donors (Lipinski definition) is 1. The van der Waals surface area contributed by atoms with Gasteiger partial charge in [-0.05, 0) is 65.7 Å². The maximum atomic E-state index is 11.1. The lowest BCUT2D eigenvalue weighted by Gasteiger charge is -2.31. The summed E-state index contributed by atoms with van der Waals surface area (Å²) in [5, 5.41) is 9.11. The lowest BCUT2D eigenvalue weighted by molar-refractivity contribution is 0.0691. The Kier molecular flexibility index (Phi) is 4.86. The Morgan fingerprint density at radius 1 is 1.42 bits per heavy atom. The molecule has 0 bridgehead atoms. The van der Waals surface area contributed by atoms with Gasteiger partial charge in [-0.2, -0.15) is 0 Å². The second-order valence-electron chi connectivity index (χ2n) is 5.06. The number of benzene rings is 1. The standard InChI is InChI=1S/C15H19BrO3/c1-2-10-5-3-4-6-14(10)19-11-7-8-13(16)12(9-11)15(17)18/h7-10,14H,2-6H2,1H3,(H,17,18). The molecule has 4 heteroatoms. The van der Waals surface area contributed by atoms with Crippen molar-refractivity contribution in [3.8, 4) is 5.75 Å². The minimum absolute atomic E-state index is 0.224. The van der Waals surface area contributed by atoms with Gasteiger partial charge in [-0.25, -0.2) is 4.79 Å². The lowest BCUT2D eigenvalue weighted by atomic mass is 9.85. The van der Waals surface area contributed by atoms with Crippen LogP contribution in [-0.4, -0.2) is 17.2 Å². The van der Waals surface area contributed by atoms with Crippen LogP contribution in [0.25, 0.3) is 0 Å². The number of carbonyl (C=O) groups is 1. The van der Waals surface area contributed by atoms with Crippen molar-refractivity contribution in [2.45, 2.75) is 45.1 Å². The van der Waals surface area contributed by atoms with Gasteiger partial charge < -0.3 is 9.84 Å². The van der Waals surface area contributed by atoms with Crippen LogP contribution in [0.2, 0.25) is 0 Å². The van der Waals surface area contributed by atoms with Crippen LogP contribution < -0.4 is 4.74 Å². The summed E-state index contributed by atoms with van der Waals surface area (Å²) in [6.45, 7) is 2.19. The molecule has 0 aromatic heterocycles. The first kappa shape index (κ1) is 14.4. The molecule has 19 heavy (non-hydrogen) atoms. The minimum atomic E-state index is -0.937. The maximum Gasteiger partial charge on any atom is 0.336 e. The molecule has 0 aliphatic heterocycles. The third kappa shape index (κ3) is 3.50. The largest absolute Gasteiger partial charge is 0.490 e. The van der Waals surface area contributed by atoms with Gasteiger partial charge in [0.25, 0.3) is 0 Å². The van der Waals surface area contributed by atoms with Crippen LogP contribution in [-0.2, 0) is 0 Å². The van der Waals surface area contributed by atoms with E-state index in [4.69, 9.17) is 9.84 Å². The number of rotatable bonds is 4. The highest BCUT2D eigenvalue weighted by molar-refractivity contribution is 9.10. The van der Waals surface area contributed by atoms with E-state index < -0.39 is 5.97 Å². The van der Waals surface area contributed by atoms with Gasteiger partial charge in [0.1, 0.15) is 11.9 Å². The van der Waals surface area contributed by atoms with Gasteiger partial charge in [0, 0.05) is 4.47 Å². The molecule has 0 heterocycles. The molecule has 1 N–H and O–H groups in total. The van der Waals surface area contributed by atoms with Crippen LogP contribution in [0.3, 0.4) is 0 Å². The summed E-state index contributed by atoms with van der Waals surface area (Å²) >= 11 is 3.25. The molecule has 3 nitrogen and oxygen atoms in total. The van der Waals surface area contributed by atoms with Crippen molar-refractivity contribution < 1.29 is 14.6 Å². The topological polar surface area (TPSA) is 46.5 Å². The van der Waals surface area contributed by atoms with Crippen LogP contribution in [0, 0.1) is 5.92 Å². The highest BCUT2D eigenvalue weighted by Gasteiger charge is 2.25. The summed E-state index contributed by atoms with van der Waals surface area (Å²) in [4.78, 5) is 11.1. The number of halogens is 1. The summed E-state index contributed by atoms with van der Waals surface area (Å²) in [5.74, 6) is 0.310. The fourth-order valence-corrected chi connectivity index (χ4v) is 3.13. The van der Waals surface area contributed by atoms with Crippen LogP contribution in [0.4, 0.5) is 0 Å². The summed E-state index contributed by atoms with van der Waals surface area (Å²) in [6, 6.07) is 5.17. The third-order valence-electron chi connectivity index (χ3n) is 3.82. The van der Waals surface area contributed by atoms with E-state index in [2.05, 4.69) is 22.9 Å². The van der Waals surface area contributed by atoms with Gasteiger partial charge in [0.05, 0.1) is 5.56 Å². The van der Waals surface area contributed by atoms with E-state index in [0.717, 1.165) is 12.8 Å². The number of ether oxygens (including phenoxy) is 1. The predicted octanol–water partition coefficient (Wildman–Crippen LogP) is 4.49. The molecule has 1 aromatic carbocycles. The second-order valence-corrected chi connectivity index (χ2v) is 5.91. The second kappa shape index (κ2) is 6.42. The molecule has 104 valence electrons. The summed E-state index contributed by atoms with van der Waals surface area (Å²) in [5.41, 5.74) is 0.251. The normalized spacial score (nSPS) is 23.1. The van der Waals surface area contributed by atoms with Crippen molar-refractivity contribution in [3.63, 3.8) is 0 Å². The molecule has 2 atom stereocenters. The summed E-state index contributed by atoms with van der Waals surface area (Å²) < 4.78 is 6.61. The molecule has 1 aliphatic rings. The van der Waals surface area contributed by atoms with Crippen LogP contribution in [0.1, 0.15) is 49.4 Å². The SMILES string of the molecule is CCC1CCCCC1Oc1ccc(Br)c(C(=O)O)c1. The summed E-state index contributed by atoms with van der Waals surface area (Å²) in [6.07, 6.45) is 6.09. The quantitative estimate of drug-likeness (QED) is 0.886. The molecule has 1 aliphatic carbocycles. The van der Waals surface area contributed by atoms with Crippen molar-refractivity contribution in [3.05, 3.63) is 28.2 Å². The molecule has 1 fully saturated rings. The molecule has 0 saturated heterocycles. The number of aromatic carboxylic acids is 1. The highest BCUT2D eigenvalue weighted by Crippen LogP contribution is 2.31. The first-order chi connectivity index (χ1) is 9.11. The minimum Gasteiger partial charge on any atom is -0.490 e. The van der Waals surface area contributed by atoms with Crippen molar-refractivity contribution in [1.82, 2.24) is 0 Å². The zero-order valence-corrected chi connectivity index (χ0v) is 12.6. The molecule has 0 spiro atoms. The van der Waals surface area contributed by atoms with Gasteiger partial charge in [-0.1, -0.05) is 13.3 Å². The first-order valence-corrected chi connectivity index (χ1v) is 7.60. The number of carboxylic acids is 1. The molecule has 2 rings (SSSR count). The summed E-state index contributed by atoms with van der Waals surface area (Å²) in [7, 11) is 0. The van der Waals surface area contributed by atoms with E-state index in [1.165, 1.54) is 19.3 Å². The zero-order valence-electron chi connectivity index (χ0n) is 11.1. The van der Waals surface area contributed by atoms with E-state index in [1.807, 2.05) is 6.07 Å². The van der Waals surface area contributed by atoms with E-state index in [-0.39, 0.29) is 11.7 Å². The Balaban J connectivity index is 2.14. The van der Waals surface area contributed by atoms with Crippen molar-refractivity contribution in [1.29, 1.82) is 0 Å². The van der Waals surface area contributed by atoms with Gasteiger partial charge in [0.2, 0.25) is 0 Å². The zero-order chi connectivity index (χ0) is 13.8. The van der Waals surface area contributed by atoms with Crippen molar-refractivity contribution in [2.24, 2.45) is 5.92 Å². The molecule has 1 aromatic rings. The van der Waals surface area contributed by atoms with Crippen molar-refractivity contribution >= 4 is 21.9 Å². The monoisotopic (exact) mass is 326 g/mol. The fraction of sp³-hybridized carbons (Fsp3) is 0.533. The van der Waals surface area contributed by atoms with E-state index in [1.54, 1.807) is 12.1 Å². The Morgan fingerprint density at radius 2 is 2.16 bits per heavy atom. The van der Waals surface area contributed by atoms with E-state index in [0.29, 0.717) is 16.1 Å². The Labute approximate surface area is 122 Å². The molecule has 0 amide bonds. The van der Waals surface area contributed by atoms with Gasteiger partial charge in [-0.3, -0.25) is 0 Å². The molecule has 1 saturated carbocycles. The maximum absolute atomic E-state index is 11.1. The average molecular weight is 327 g/mol. The van der Waals surface area contributed by atoms with Crippen LogP contribution in [0.5, 0.6) is 5.75 Å². The van der Waals surface area contributed by atoms with Gasteiger partial charge in [-0.15, -0.1) is 0 Å².